The summed E-state index contributed by atoms with van der Waals surface area (Å²) in [6, 6.07) is 0.943. The molecule has 0 aliphatic rings. The lowest BCUT2D eigenvalue weighted by atomic mass is 10.1. The van der Waals surface area contributed by atoms with Gasteiger partial charge in [0, 0.05) is 26.9 Å². The molecule has 0 N–H and O–H groups in total. The van der Waals surface area contributed by atoms with E-state index in [1.807, 2.05) is 0 Å². The molecule has 0 amide bonds. The Hall–Kier alpha value is 0.0969. The topological polar surface area (TPSA) is 27.7 Å². The van der Waals surface area contributed by atoms with Gasteiger partial charge in [-0.25, -0.2) is 0 Å². The van der Waals surface area contributed by atoms with E-state index in [1.165, 1.54) is 19.3 Å². The Morgan fingerprint density at radius 3 is 2.12 bits per heavy atom. The summed E-state index contributed by atoms with van der Waals surface area (Å²) in [7, 11) is 1.07. The molecule has 0 fully saturated rings. The van der Waals surface area contributed by atoms with Crippen LogP contribution >= 0.6 is 0 Å². The summed E-state index contributed by atoms with van der Waals surface area (Å²) < 4.78 is 16.8. The molecule has 0 heterocycles. The van der Waals surface area contributed by atoms with Crippen LogP contribution < -0.4 is 0 Å². The van der Waals surface area contributed by atoms with Gasteiger partial charge in [-0.05, 0) is 18.8 Å². The quantitative estimate of drug-likeness (QED) is 0.418. The van der Waals surface area contributed by atoms with Gasteiger partial charge in [0.25, 0.3) is 0 Å². The van der Waals surface area contributed by atoms with Crippen molar-refractivity contribution in [3.8, 4) is 0 Å². The summed E-state index contributed by atoms with van der Waals surface area (Å²) >= 11 is 0. The molecule has 3 nitrogen and oxygen atoms in total. The number of unbranched alkanes of at least 4 members (excludes halogenated alkanes) is 2. The van der Waals surface area contributed by atoms with Gasteiger partial charge in [-0.2, -0.15) is 0 Å². The lowest BCUT2D eigenvalue weighted by Gasteiger charge is -2.26. The minimum Gasteiger partial charge on any atom is -0.377 e. The van der Waals surface area contributed by atoms with Gasteiger partial charge in [-0.3, -0.25) is 0 Å². The molecule has 0 unspecified atom stereocenters. The van der Waals surface area contributed by atoms with E-state index in [0.29, 0.717) is 0 Å². The molecule has 0 aromatic rings. The minimum atomic E-state index is -2.34. The van der Waals surface area contributed by atoms with Crippen LogP contribution in [0.25, 0.3) is 0 Å². The van der Waals surface area contributed by atoms with E-state index in [0.717, 1.165) is 31.4 Å². The standard InChI is InChI=1S/C13H30O3Si/c1-6-11-16-17(14-4,15-5)12-9-7-8-10-13(2)3/h13H,6-12H2,1-5H3. The van der Waals surface area contributed by atoms with E-state index in [-0.39, 0.29) is 0 Å². The van der Waals surface area contributed by atoms with Crippen molar-refractivity contribution in [1.82, 2.24) is 0 Å². The molecule has 0 atom stereocenters. The van der Waals surface area contributed by atoms with E-state index in [1.54, 1.807) is 14.2 Å². The zero-order valence-electron chi connectivity index (χ0n) is 12.3. The molecule has 104 valence electrons. The van der Waals surface area contributed by atoms with Crippen molar-refractivity contribution in [3.63, 3.8) is 0 Å². The largest absolute Gasteiger partial charge is 0.500 e. The molecule has 0 spiro atoms. The highest BCUT2D eigenvalue weighted by molar-refractivity contribution is 6.60. The Bertz CT molecular complexity index is 170. The lowest BCUT2D eigenvalue weighted by Crippen LogP contribution is -2.43. The molecule has 0 aromatic heterocycles. The van der Waals surface area contributed by atoms with Crippen molar-refractivity contribution in [2.45, 2.75) is 58.9 Å². The second-order valence-corrected chi connectivity index (χ2v) is 7.90. The second-order valence-electron chi connectivity index (χ2n) is 4.93. The SMILES string of the molecule is CCCO[Si](CCCCCC(C)C)(OC)OC. The second kappa shape index (κ2) is 10.1. The lowest BCUT2D eigenvalue weighted by molar-refractivity contribution is 0.0975. The van der Waals surface area contributed by atoms with Gasteiger partial charge < -0.3 is 13.3 Å². The number of hydrogen-bond acceptors (Lipinski definition) is 3. The maximum Gasteiger partial charge on any atom is 0.500 e. The van der Waals surface area contributed by atoms with Crippen LogP contribution in [0, 0.1) is 5.92 Å². The first-order valence-electron chi connectivity index (χ1n) is 6.84. The summed E-state index contributed by atoms with van der Waals surface area (Å²) in [5.41, 5.74) is 0. The molecule has 0 saturated heterocycles. The molecule has 17 heavy (non-hydrogen) atoms. The van der Waals surface area contributed by atoms with Crippen LogP contribution in [-0.4, -0.2) is 29.6 Å². The van der Waals surface area contributed by atoms with Crippen molar-refractivity contribution in [3.05, 3.63) is 0 Å². The Balaban J connectivity index is 3.83. The molecule has 4 heteroatoms. The molecule has 0 rings (SSSR count). The van der Waals surface area contributed by atoms with Crippen LogP contribution in [-0.2, 0) is 13.3 Å². The summed E-state index contributed by atoms with van der Waals surface area (Å²) in [4.78, 5) is 0. The van der Waals surface area contributed by atoms with Crippen molar-refractivity contribution in [1.29, 1.82) is 0 Å². The summed E-state index contributed by atoms with van der Waals surface area (Å²) in [5.74, 6) is 0.804. The van der Waals surface area contributed by atoms with Crippen molar-refractivity contribution in [2.75, 3.05) is 20.8 Å². The number of rotatable bonds is 11. The van der Waals surface area contributed by atoms with E-state index >= 15 is 0 Å². The normalized spacial score (nSPS) is 12.4. The Kier molecular flexibility index (Phi) is 10.1. The first kappa shape index (κ1) is 17.1. The van der Waals surface area contributed by atoms with Gasteiger partial charge in [-0.1, -0.05) is 40.0 Å². The Morgan fingerprint density at radius 2 is 1.65 bits per heavy atom. The van der Waals surface area contributed by atoms with Crippen LogP contribution in [0.3, 0.4) is 0 Å². The Labute approximate surface area is 108 Å². The van der Waals surface area contributed by atoms with Crippen molar-refractivity contribution < 1.29 is 13.3 Å². The minimum absolute atomic E-state index is 0.736. The van der Waals surface area contributed by atoms with Crippen molar-refractivity contribution >= 4 is 8.80 Å². The summed E-state index contributed by atoms with van der Waals surface area (Å²) in [5, 5.41) is 0. The smallest absolute Gasteiger partial charge is 0.377 e. The highest BCUT2D eigenvalue weighted by Crippen LogP contribution is 2.19. The molecule has 0 aliphatic carbocycles. The third kappa shape index (κ3) is 7.92. The van der Waals surface area contributed by atoms with Gasteiger partial charge in [0.05, 0.1) is 0 Å². The molecular formula is C13H30O3Si. The van der Waals surface area contributed by atoms with Crippen LogP contribution in [0.1, 0.15) is 52.9 Å². The van der Waals surface area contributed by atoms with Crippen LogP contribution in [0.15, 0.2) is 0 Å². The molecule has 0 aliphatic heterocycles. The fourth-order valence-corrected chi connectivity index (χ4v) is 3.96. The fraction of sp³-hybridized carbons (Fsp3) is 1.00. The first-order chi connectivity index (χ1) is 8.10. The molecule has 0 saturated carbocycles. The first-order valence-corrected chi connectivity index (χ1v) is 8.77. The van der Waals surface area contributed by atoms with Gasteiger partial charge in [-0.15, -0.1) is 0 Å². The predicted molar refractivity (Wildman–Crippen MR) is 74.1 cm³/mol. The Morgan fingerprint density at radius 1 is 1.00 bits per heavy atom. The highest BCUT2D eigenvalue weighted by atomic mass is 28.4. The maximum absolute atomic E-state index is 5.80. The van der Waals surface area contributed by atoms with Crippen LogP contribution in [0.2, 0.25) is 6.04 Å². The molecule has 0 aromatic carbocycles. The van der Waals surface area contributed by atoms with Crippen LogP contribution in [0.4, 0.5) is 0 Å². The van der Waals surface area contributed by atoms with Gasteiger partial charge >= 0.3 is 8.80 Å². The molecule has 0 radical (unpaired) electrons. The third-order valence-corrected chi connectivity index (χ3v) is 5.77. The van der Waals surface area contributed by atoms with E-state index in [9.17, 15) is 0 Å². The predicted octanol–water partition coefficient (Wildman–Crippen LogP) is 3.86. The van der Waals surface area contributed by atoms with Gasteiger partial charge in [0.2, 0.25) is 0 Å². The van der Waals surface area contributed by atoms with Crippen LogP contribution in [0.5, 0.6) is 0 Å². The zero-order valence-corrected chi connectivity index (χ0v) is 13.3. The average molecular weight is 262 g/mol. The summed E-state index contributed by atoms with van der Waals surface area (Å²) in [6.45, 7) is 7.38. The monoisotopic (exact) mass is 262 g/mol. The highest BCUT2D eigenvalue weighted by Gasteiger charge is 2.37. The molecular weight excluding hydrogens is 232 g/mol. The number of hydrogen-bond donors (Lipinski definition) is 0. The third-order valence-electron chi connectivity index (χ3n) is 2.91. The van der Waals surface area contributed by atoms with E-state index in [2.05, 4.69) is 20.8 Å². The zero-order chi connectivity index (χ0) is 13.1. The van der Waals surface area contributed by atoms with Crippen molar-refractivity contribution in [2.24, 2.45) is 5.92 Å². The van der Waals surface area contributed by atoms with Gasteiger partial charge in [0.15, 0.2) is 0 Å². The van der Waals surface area contributed by atoms with Gasteiger partial charge in [0.1, 0.15) is 0 Å². The summed E-state index contributed by atoms with van der Waals surface area (Å²) in [6.07, 6.45) is 6.00. The fourth-order valence-electron chi connectivity index (χ4n) is 1.81. The maximum atomic E-state index is 5.80. The van der Waals surface area contributed by atoms with E-state index in [4.69, 9.17) is 13.3 Å². The molecule has 0 bridgehead atoms. The van der Waals surface area contributed by atoms with E-state index < -0.39 is 8.80 Å². The average Bonchev–Trinajstić information content (AvgIpc) is 2.33.